The molecule has 88 valence electrons. The molecule has 0 spiro atoms. The minimum Gasteiger partial charge on any atom is -0.378 e. The summed E-state index contributed by atoms with van der Waals surface area (Å²) in [5.41, 5.74) is 2.44. The number of ether oxygens (including phenoxy) is 1. The first-order chi connectivity index (χ1) is 8.43. The molecule has 0 unspecified atom stereocenters. The van der Waals surface area contributed by atoms with Crippen LogP contribution in [0.25, 0.3) is 10.9 Å². The topological polar surface area (TPSA) is 34.2 Å². The Bertz CT molecular complexity index is 503. The van der Waals surface area contributed by atoms with E-state index in [1.54, 1.807) is 0 Å². The van der Waals surface area contributed by atoms with E-state index < -0.39 is 0 Å². The van der Waals surface area contributed by atoms with E-state index in [4.69, 9.17) is 4.74 Å². The van der Waals surface area contributed by atoms with E-state index in [-0.39, 0.29) is 0 Å². The fourth-order valence-electron chi connectivity index (χ4n) is 2.13. The Morgan fingerprint density at radius 2 is 2.12 bits per heavy atom. The molecule has 3 nitrogen and oxygen atoms in total. The fraction of sp³-hybridized carbons (Fsp3) is 0.357. The maximum atomic E-state index is 5.13. The summed E-state index contributed by atoms with van der Waals surface area (Å²) in [7, 11) is 0. The van der Waals surface area contributed by atoms with Crippen LogP contribution in [0.5, 0.6) is 0 Å². The van der Waals surface area contributed by atoms with Crippen LogP contribution in [0, 0.1) is 0 Å². The zero-order valence-corrected chi connectivity index (χ0v) is 9.73. The summed E-state index contributed by atoms with van der Waals surface area (Å²) in [5, 5.41) is 4.70. The third kappa shape index (κ3) is 2.30. The van der Waals surface area contributed by atoms with E-state index in [0.717, 1.165) is 31.7 Å². The van der Waals surface area contributed by atoms with E-state index in [1.807, 2.05) is 12.3 Å². The predicted molar refractivity (Wildman–Crippen MR) is 68.1 cm³/mol. The first kappa shape index (κ1) is 10.7. The second kappa shape index (κ2) is 4.82. The summed E-state index contributed by atoms with van der Waals surface area (Å²) in [6, 6.07) is 11.0. The van der Waals surface area contributed by atoms with Gasteiger partial charge >= 0.3 is 0 Å². The summed E-state index contributed by atoms with van der Waals surface area (Å²) >= 11 is 0. The minimum absolute atomic E-state index is 0.554. The van der Waals surface area contributed by atoms with Crippen LogP contribution in [-0.4, -0.2) is 30.8 Å². The number of para-hydroxylation sites is 1. The van der Waals surface area contributed by atoms with Crippen molar-refractivity contribution >= 4 is 10.9 Å². The van der Waals surface area contributed by atoms with Gasteiger partial charge in [-0.2, -0.15) is 0 Å². The lowest BCUT2D eigenvalue weighted by Crippen LogP contribution is -2.46. The highest BCUT2D eigenvalue weighted by molar-refractivity contribution is 5.81. The lowest BCUT2D eigenvalue weighted by atomic mass is 10.1. The lowest BCUT2D eigenvalue weighted by molar-refractivity contribution is -0.00466. The van der Waals surface area contributed by atoms with Crippen LogP contribution in [0.4, 0.5) is 0 Å². The van der Waals surface area contributed by atoms with Gasteiger partial charge < -0.3 is 10.1 Å². The van der Waals surface area contributed by atoms with Crippen molar-refractivity contribution in [1.29, 1.82) is 0 Å². The number of aromatic nitrogens is 1. The van der Waals surface area contributed by atoms with Crippen molar-refractivity contribution in [2.45, 2.75) is 12.5 Å². The van der Waals surface area contributed by atoms with Gasteiger partial charge in [-0.15, -0.1) is 0 Å². The Hall–Kier alpha value is -1.45. The summed E-state index contributed by atoms with van der Waals surface area (Å²) in [5.74, 6) is 0. The van der Waals surface area contributed by atoms with Gasteiger partial charge in [-0.25, -0.2) is 0 Å². The number of hydrogen-bond donors (Lipinski definition) is 1. The number of rotatable bonds is 4. The number of nitrogens with zero attached hydrogens (tertiary/aromatic N) is 1. The molecule has 0 amide bonds. The molecule has 0 radical (unpaired) electrons. The van der Waals surface area contributed by atoms with Crippen molar-refractivity contribution < 1.29 is 4.74 Å². The van der Waals surface area contributed by atoms with E-state index in [9.17, 15) is 0 Å². The third-order valence-electron chi connectivity index (χ3n) is 3.18. The van der Waals surface area contributed by atoms with E-state index in [2.05, 4.69) is 34.6 Å². The molecule has 3 rings (SSSR count). The third-order valence-corrected chi connectivity index (χ3v) is 3.18. The van der Waals surface area contributed by atoms with Crippen molar-refractivity contribution in [2.24, 2.45) is 0 Å². The number of nitrogens with one attached hydrogen (secondary N) is 1. The molecule has 1 saturated heterocycles. The Labute approximate surface area is 101 Å². The van der Waals surface area contributed by atoms with E-state index in [0.29, 0.717) is 6.04 Å². The lowest BCUT2D eigenvalue weighted by Gasteiger charge is -2.27. The average molecular weight is 228 g/mol. The molecular weight excluding hydrogens is 212 g/mol. The van der Waals surface area contributed by atoms with Crippen molar-refractivity contribution in [1.82, 2.24) is 10.3 Å². The summed E-state index contributed by atoms with van der Waals surface area (Å²) in [4.78, 5) is 4.46. The molecule has 17 heavy (non-hydrogen) atoms. The Morgan fingerprint density at radius 1 is 1.24 bits per heavy atom. The van der Waals surface area contributed by atoms with Gasteiger partial charge in [0, 0.05) is 11.6 Å². The zero-order valence-electron chi connectivity index (χ0n) is 9.73. The smallest absolute Gasteiger partial charge is 0.0734 e. The molecule has 1 aliphatic rings. The van der Waals surface area contributed by atoms with Crippen molar-refractivity contribution in [2.75, 3.05) is 19.8 Å². The molecule has 0 saturated carbocycles. The molecule has 1 aromatic heterocycles. The number of benzene rings is 1. The van der Waals surface area contributed by atoms with Gasteiger partial charge in [0.15, 0.2) is 0 Å². The van der Waals surface area contributed by atoms with Crippen LogP contribution in [-0.2, 0) is 11.2 Å². The van der Waals surface area contributed by atoms with Gasteiger partial charge in [0.1, 0.15) is 0 Å². The van der Waals surface area contributed by atoms with Gasteiger partial charge in [-0.05, 0) is 24.6 Å². The van der Waals surface area contributed by atoms with Crippen LogP contribution < -0.4 is 5.32 Å². The molecule has 0 bridgehead atoms. The molecule has 1 N–H and O–H groups in total. The van der Waals surface area contributed by atoms with Crippen LogP contribution >= 0.6 is 0 Å². The quantitative estimate of drug-likeness (QED) is 0.866. The zero-order chi connectivity index (χ0) is 11.5. The van der Waals surface area contributed by atoms with Crippen LogP contribution in [0.1, 0.15) is 5.56 Å². The van der Waals surface area contributed by atoms with E-state index in [1.165, 1.54) is 10.9 Å². The number of hydrogen-bond acceptors (Lipinski definition) is 3. The van der Waals surface area contributed by atoms with Crippen LogP contribution in [0.15, 0.2) is 36.5 Å². The highest BCUT2D eigenvalue weighted by Gasteiger charge is 2.16. The SMILES string of the molecule is c1cnc2c(CCNC3COC3)cccc2c1. The largest absolute Gasteiger partial charge is 0.378 e. The summed E-state index contributed by atoms with van der Waals surface area (Å²) in [6.07, 6.45) is 2.88. The van der Waals surface area contributed by atoms with Gasteiger partial charge in [-0.1, -0.05) is 24.3 Å². The molecule has 1 aromatic carbocycles. The standard InChI is InChI=1S/C14H16N2O/c1-3-11-5-2-7-16-14(11)12(4-1)6-8-15-13-9-17-10-13/h1-5,7,13,15H,6,8-10H2. The van der Waals surface area contributed by atoms with Gasteiger partial charge in [0.25, 0.3) is 0 Å². The minimum atomic E-state index is 0.554. The molecule has 3 heteroatoms. The average Bonchev–Trinajstić information content (AvgIpc) is 2.32. The monoisotopic (exact) mass is 228 g/mol. The molecule has 0 aliphatic carbocycles. The Kier molecular flexibility index (Phi) is 3.03. The highest BCUT2D eigenvalue weighted by atomic mass is 16.5. The second-order valence-corrected chi connectivity index (χ2v) is 4.43. The summed E-state index contributed by atoms with van der Waals surface area (Å²) < 4.78 is 5.13. The van der Waals surface area contributed by atoms with Crippen LogP contribution in [0.3, 0.4) is 0 Å². The Morgan fingerprint density at radius 3 is 2.94 bits per heavy atom. The van der Waals surface area contributed by atoms with Crippen molar-refractivity contribution in [3.63, 3.8) is 0 Å². The summed E-state index contributed by atoms with van der Waals surface area (Å²) in [6.45, 7) is 2.70. The van der Waals surface area contributed by atoms with Crippen molar-refractivity contribution in [3.05, 3.63) is 42.1 Å². The fourth-order valence-corrected chi connectivity index (χ4v) is 2.13. The molecular formula is C14H16N2O. The maximum absolute atomic E-state index is 5.13. The first-order valence-electron chi connectivity index (χ1n) is 6.07. The first-order valence-corrected chi connectivity index (χ1v) is 6.07. The van der Waals surface area contributed by atoms with Crippen LogP contribution in [0.2, 0.25) is 0 Å². The Balaban J connectivity index is 1.71. The number of pyridine rings is 1. The highest BCUT2D eigenvalue weighted by Crippen LogP contribution is 2.16. The molecule has 1 fully saturated rings. The molecule has 2 aromatic rings. The maximum Gasteiger partial charge on any atom is 0.0734 e. The van der Waals surface area contributed by atoms with Gasteiger partial charge in [0.2, 0.25) is 0 Å². The normalized spacial score (nSPS) is 16.0. The van der Waals surface area contributed by atoms with E-state index >= 15 is 0 Å². The van der Waals surface area contributed by atoms with Gasteiger partial charge in [-0.3, -0.25) is 4.98 Å². The van der Waals surface area contributed by atoms with Gasteiger partial charge in [0.05, 0.1) is 24.8 Å². The molecule has 0 atom stereocenters. The molecule has 2 heterocycles. The predicted octanol–water partition coefficient (Wildman–Crippen LogP) is 1.77. The van der Waals surface area contributed by atoms with Crippen molar-refractivity contribution in [3.8, 4) is 0 Å². The molecule has 1 aliphatic heterocycles. The number of fused-ring (bicyclic) bond motifs is 1. The second-order valence-electron chi connectivity index (χ2n) is 4.43.